The number of rotatable bonds is 4. The van der Waals surface area contributed by atoms with Crippen molar-refractivity contribution in [2.24, 2.45) is 0 Å². The molecule has 2 aromatic heterocycles. The second-order valence-electron chi connectivity index (χ2n) is 5.76. The zero-order chi connectivity index (χ0) is 17.9. The second-order valence-corrected chi connectivity index (χ2v) is 5.76. The van der Waals surface area contributed by atoms with Crippen LogP contribution in [0.1, 0.15) is 11.3 Å². The van der Waals surface area contributed by atoms with Gasteiger partial charge in [0.15, 0.2) is 0 Å². The summed E-state index contributed by atoms with van der Waals surface area (Å²) in [5.41, 5.74) is 4.86. The maximum atomic E-state index is 5.84. The summed E-state index contributed by atoms with van der Waals surface area (Å²) in [4.78, 5) is 9.19. The molecule has 0 unspecified atom stereocenters. The summed E-state index contributed by atoms with van der Waals surface area (Å²) >= 11 is 0. The quantitative estimate of drug-likeness (QED) is 0.533. The highest BCUT2D eigenvalue weighted by Crippen LogP contribution is 2.28. The molecule has 0 spiro atoms. The van der Waals surface area contributed by atoms with Crippen molar-refractivity contribution in [3.05, 3.63) is 78.6 Å². The molecule has 4 rings (SSSR count). The maximum Gasteiger partial charge on any atom is 0.268 e. The van der Waals surface area contributed by atoms with Crippen LogP contribution in [0.2, 0.25) is 0 Å². The Morgan fingerprint density at radius 3 is 2.46 bits per heavy atom. The van der Waals surface area contributed by atoms with Gasteiger partial charge < -0.3 is 4.42 Å². The Labute approximate surface area is 151 Å². The molecule has 4 aromatic rings. The first-order chi connectivity index (χ1) is 12.8. The fraction of sp³-hybridized carbons (Fsp3) is 0.0476. The van der Waals surface area contributed by atoms with Crippen molar-refractivity contribution >= 4 is 6.08 Å². The van der Waals surface area contributed by atoms with Crippen LogP contribution in [0, 0.1) is 6.92 Å². The van der Waals surface area contributed by atoms with Crippen LogP contribution >= 0.6 is 0 Å². The van der Waals surface area contributed by atoms with Gasteiger partial charge in [-0.2, -0.15) is 0 Å². The lowest BCUT2D eigenvalue weighted by Gasteiger charge is -2.07. The molecule has 0 aliphatic rings. The minimum atomic E-state index is 0.354. The van der Waals surface area contributed by atoms with Crippen LogP contribution in [0.3, 0.4) is 0 Å². The van der Waals surface area contributed by atoms with E-state index >= 15 is 0 Å². The van der Waals surface area contributed by atoms with E-state index in [2.05, 4.69) is 21.8 Å². The van der Waals surface area contributed by atoms with E-state index in [1.807, 2.05) is 61.5 Å². The summed E-state index contributed by atoms with van der Waals surface area (Å²) in [7, 11) is 0. The van der Waals surface area contributed by atoms with E-state index in [1.54, 1.807) is 12.3 Å². The summed E-state index contributed by atoms with van der Waals surface area (Å²) in [6.07, 6.45) is 3.55. The number of nitrogens with zero attached hydrogens (tertiary/aromatic N) is 4. The zero-order valence-electron chi connectivity index (χ0n) is 14.3. The van der Waals surface area contributed by atoms with Gasteiger partial charge in [0.1, 0.15) is 5.69 Å². The van der Waals surface area contributed by atoms with Crippen LogP contribution in [-0.2, 0) is 0 Å². The van der Waals surface area contributed by atoms with E-state index in [0.29, 0.717) is 17.5 Å². The molecule has 0 aliphatic heterocycles. The Balaban J connectivity index is 1.78. The molecular weight excluding hydrogens is 324 g/mol. The van der Waals surface area contributed by atoms with Crippen LogP contribution in [0.25, 0.3) is 40.4 Å². The van der Waals surface area contributed by atoms with Crippen LogP contribution in [0.15, 0.2) is 71.8 Å². The molecule has 0 N–H and O–H groups in total. The van der Waals surface area contributed by atoms with E-state index < -0.39 is 0 Å². The van der Waals surface area contributed by atoms with Gasteiger partial charge in [-0.15, -0.1) is 10.2 Å². The average Bonchev–Trinajstić information content (AvgIpc) is 3.19. The first-order valence-corrected chi connectivity index (χ1v) is 8.21. The summed E-state index contributed by atoms with van der Waals surface area (Å²) in [5, 5.41) is 8.30. The van der Waals surface area contributed by atoms with E-state index in [-0.39, 0.29) is 0 Å². The van der Waals surface area contributed by atoms with Gasteiger partial charge in [0, 0.05) is 11.1 Å². The molecule has 126 valence electrons. The van der Waals surface area contributed by atoms with Gasteiger partial charge in [0.2, 0.25) is 5.89 Å². The summed E-state index contributed by atoms with van der Waals surface area (Å²) < 4.78 is 5.84. The van der Waals surface area contributed by atoms with Gasteiger partial charge in [0.25, 0.3) is 5.89 Å². The van der Waals surface area contributed by atoms with Crippen LogP contribution in [0.5, 0.6) is 0 Å². The molecule has 0 saturated carbocycles. The summed E-state index contributed by atoms with van der Waals surface area (Å²) in [6.45, 7) is 5.74. The first-order valence-electron chi connectivity index (χ1n) is 8.21. The number of aromatic nitrogens is 4. The largest absolute Gasteiger partial charge is 0.415 e. The Morgan fingerprint density at radius 1 is 0.923 bits per heavy atom. The topological polar surface area (TPSA) is 64.7 Å². The van der Waals surface area contributed by atoms with Gasteiger partial charge in [-0.05, 0) is 24.6 Å². The average molecular weight is 340 g/mol. The summed E-state index contributed by atoms with van der Waals surface area (Å²) in [6, 6.07) is 17.5. The van der Waals surface area contributed by atoms with Crippen molar-refractivity contribution < 1.29 is 4.42 Å². The molecule has 5 heteroatoms. The standard InChI is InChI=1S/C21H16N4O/c1-3-15-9-7-8-12-17(15)18-13-22-14(2)19(23-18)21-25-24-20(26-21)16-10-5-4-6-11-16/h3-13H,1H2,2H3. The van der Waals surface area contributed by atoms with E-state index in [0.717, 1.165) is 28.1 Å². The lowest BCUT2D eigenvalue weighted by molar-refractivity contribution is 0.581. The molecule has 5 nitrogen and oxygen atoms in total. The first kappa shape index (κ1) is 15.9. The molecule has 2 aromatic carbocycles. The minimum Gasteiger partial charge on any atom is -0.415 e. The highest BCUT2D eigenvalue weighted by atomic mass is 16.4. The van der Waals surface area contributed by atoms with E-state index in [9.17, 15) is 0 Å². The molecule has 0 aliphatic carbocycles. The Kier molecular flexibility index (Phi) is 4.11. The Morgan fingerprint density at radius 2 is 1.65 bits per heavy atom. The number of hydrogen-bond acceptors (Lipinski definition) is 5. The fourth-order valence-electron chi connectivity index (χ4n) is 2.71. The Bertz CT molecular complexity index is 1070. The molecule has 0 radical (unpaired) electrons. The third kappa shape index (κ3) is 2.91. The maximum absolute atomic E-state index is 5.84. The third-order valence-electron chi connectivity index (χ3n) is 4.06. The minimum absolute atomic E-state index is 0.354. The molecule has 0 amide bonds. The molecule has 0 bridgehead atoms. The molecule has 0 fully saturated rings. The van der Waals surface area contributed by atoms with Gasteiger partial charge in [-0.3, -0.25) is 4.98 Å². The molecule has 26 heavy (non-hydrogen) atoms. The third-order valence-corrected chi connectivity index (χ3v) is 4.06. The SMILES string of the molecule is C=Cc1ccccc1-c1cnc(C)c(-c2nnc(-c3ccccc3)o2)n1. The molecule has 0 atom stereocenters. The second kappa shape index (κ2) is 6.72. The monoisotopic (exact) mass is 340 g/mol. The Hall–Kier alpha value is -3.60. The molecule has 0 saturated heterocycles. The van der Waals surface area contributed by atoms with E-state index in [1.165, 1.54) is 0 Å². The van der Waals surface area contributed by atoms with Crippen molar-refractivity contribution in [1.29, 1.82) is 0 Å². The van der Waals surface area contributed by atoms with Crippen LogP contribution in [-0.4, -0.2) is 20.2 Å². The van der Waals surface area contributed by atoms with Gasteiger partial charge in [-0.25, -0.2) is 4.98 Å². The van der Waals surface area contributed by atoms with Crippen LogP contribution in [0.4, 0.5) is 0 Å². The van der Waals surface area contributed by atoms with Gasteiger partial charge >= 0.3 is 0 Å². The fourth-order valence-corrected chi connectivity index (χ4v) is 2.71. The van der Waals surface area contributed by atoms with Crippen LogP contribution < -0.4 is 0 Å². The molecule has 2 heterocycles. The number of benzene rings is 2. The predicted octanol–water partition coefficient (Wildman–Crippen LogP) is 4.81. The smallest absolute Gasteiger partial charge is 0.268 e. The van der Waals surface area contributed by atoms with E-state index in [4.69, 9.17) is 9.40 Å². The lowest BCUT2D eigenvalue weighted by Crippen LogP contribution is -1.96. The zero-order valence-corrected chi connectivity index (χ0v) is 14.3. The van der Waals surface area contributed by atoms with Gasteiger partial charge in [0.05, 0.1) is 17.6 Å². The highest BCUT2D eigenvalue weighted by Gasteiger charge is 2.16. The van der Waals surface area contributed by atoms with Crippen molar-refractivity contribution in [2.75, 3.05) is 0 Å². The van der Waals surface area contributed by atoms with Crippen molar-refractivity contribution in [1.82, 2.24) is 20.2 Å². The molecular formula is C21H16N4O. The normalized spacial score (nSPS) is 10.7. The predicted molar refractivity (Wildman–Crippen MR) is 101 cm³/mol. The number of aryl methyl sites for hydroxylation is 1. The van der Waals surface area contributed by atoms with Crippen molar-refractivity contribution in [2.45, 2.75) is 6.92 Å². The van der Waals surface area contributed by atoms with Gasteiger partial charge in [-0.1, -0.05) is 55.1 Å². The van der Waals surface area contributed by atoms with Crippen molar-refractivity contribution in [3.63, 3.8) is 0 Å². The summed E-state index contributed by atoms with van der Waals surface area (Å²) in [5.74, 6) is 0.811. The highest BCUT2D eigenvalue weighted by molar-refractivity contribution is 5.73. The van der Waals surface area contributed by atoms with Crippen molar-refractivity contribution in [3.8, 4) is 34.3 Å². The number of hydrogen-bond donors (Lipinski definition) is 0. The lowest BCUT2D eigenvalue weighted by atomic mass is 10.0.